The first-order valence-electron chi connectivity index (χ1n) is 5.40. The monoisotopic (exact) mass is 246 g/mol. The number of carbonyl (C=O) groups is 1. The van der Waals surface area contributed by atoms with Crippen LogP contribution in [0.2, 0.25) is 0 Å². The van der Waals surface area contributed by atoms with E-state index < -0.39 is 0 Å². The van der Waals surface area contributed by atoms with Crippen molar-refractivity contribution < 1.29 is 9.53 Å². The lowest BCUT2D eigenvalue weighted by Crippen LogP contribution is -2.23. The molecule has 0 saturated heterocycles. The van der Waals surface area contributed by atoms with Crippen molar-refractivity contribution in [3.05, 3.63) is 41.7 Å². The molecule has 0 spiro atoms. The number of hydrogen-bond acceptors (Lipinski definition) is 4. The highest BCUT2D eigenvalue weighted by atomic mass is 16.5. The maximum absolute atomic E-state index is 11.9. The molecule has 4 N–H and O–H groups in total. The van der Waals surface area contributed by atoms with Crippen molar-refractivity contribution in [3.63, 3.8) is 0 Å². The quantitative estimate of drug-likeness (QED) is 0.700. The van der Waals surface area contributed by atoms with E-state index in [1.807, 2.05) is 0 Å². The highest BCUT2D eigenvalue weighted by Crippen LogP contribution is 2.18. The van der Waals surface area contributed by atoms with Crippen LogP contribution in [0, 0.1) is 0 Å². The minimum absolute atomic E-state index is 0.213. The number of benzene rings is 1. The van der Waals surface area contributed by atoms with Gasteiger partial charge in [-0.1, -0.05) is 0 Å². The minimum atomic E-state index is -0.213. The topological polar surface area (TPSA) is 93.0 Å². The van der Waals surface area contributed by atoms with Crippen LogP contribution in [0.5, 0.6) is 5.75 Å². The summed E-state index contributed by atoms with van der Waals surface area (Å²) in [4.78, 5) is 11.9. The SMILES string of the molecule is COc1cc(N)cc(C(=O)NCc2ccn[nH]2)c1. The highest BCUT2D eigenvalue weighted by molar-refractivity contribution is 5.95. The Labute approximate surface area is 104 Å². The predicted molar refractivity (Wildman–Crippen MR) is 67.2 cm³/mol. The van der Waals surface area contributed by atoms with E-state index in [0.717, 1.165) is 5.69 Å². The van der Waals surface area contributed by atoms with Crippen LogP contribution in [-0.4, -0.2) is 23.2 Å². The van der Waals surface area contributed by atoms with Crippen LogP contribution in [0.1, 0.15) is 16.1 Å². The number of ether oxygens (including phenoxy) is 1. The summed E-state index contributed by atoms with van der Waals surface area (Å²) < 4.78 is 5.06. The number of aromatic amines is 1. The van der Waals surface area contributed by atoms with Gasteiger partial charge in [-0.2, -0.15) is 5.10 Å². The van der Waals surface area contributed by atoms with Crippen molar-refractivity contribution in [2.75, 3.05) is 12.8 Å². The van der Waals surface area contributed by atoms with E-state index in [1.54, 1.807) is 30.5 Å². The van der Waals surface area contributed by atoms with Gasteiger partial charge in [0.05, 0.1) is 19.3 Å². The Kier molecular flexibility index (Phi) is 3.47. The summed E-state index contributed by atoms with van der Waals surface area (Å²) >= 11 is 0. The van der Waals surface area contributed by atoms with Crippen LogP contribution in [0.4, 0.5) is 5.69 Å². The second-order valence-electron chi connectivity index (χ2n) is 3.76. The summed E-state index contributed by atoms with van der Waals surface area (Å²) in [6, 6.07) is 6.69. The van der Waals surface area contributed by atoms with Gasteiger partial charge >= 0.3 is 0 Å². The van der Waals surface area contributed by atoms with Crippen molar-refractivity contribution in [2.24, 2.45) is 0 Å². The number of carbonyl (C=O) groups excluding carboxylic acids is 1. The van der Waals surface area contributed by atoms with Gasteiger partial charge in [0.1, 0.15) is 5.75 Å². The molecule has 6 heteroatoms. The zero-order valence-electron chi connectivity index (χ0n) is 9.93. The van der Waals surface area contributed by atoms with Crippen molar-refractivity contribution >= 4 is 11.6 Å². The maximum Gasteiger partial charge on any atom is 0.251 e. The second-order valence-corrected chi connectivity index (χ2v) is 3.76. The average Bonchev–Trinajstić information content (AvgIpc) is 2.88. The number of nitrogen functional groups attached to an aromatic ring is 1. The molecule has 2 aromatic rings. The summed E-state index contributed by atoms with van der Waals surface area (Å²) in [5, 5.41) is 9.32. The number of rotatable bonds is 4. The zero-order chi connectivity index (χ0) is 13.0. The van der Waals surface area contributed by atoms with Crippen LogP contribution in [0.15, 0.2) is 30.5 Å². The van der Waals surface area contributed by atoms with Crippen LogP contribution < -0.4 is 15.8 Å². The van der Waals surface area contributed by atoms with E-state index in [1.165, 1.54) is 7.11 Å². The van der Waals surface area contributed by atoms with E-state index >= 15 is 0 Å². The van der Waals surface area contributed by atoms with Crippen LogP contribution in [-0.2, 0) is 6.54 Å². The van der Waals surface area contributed by atoms with Crippen molar-refractivity contribution in [2.45, 2.75) is 6.54 Å². The maximum atomic E-state index is 11.9. The molecule has 1 aromatic carbocycles. The summed E-state index contributed by atoms with van der Waals surface area (Å²) in [5.74, 6) is 0.344. The Morgan fingerprint density at radius 1 is 1.50 bits per heavy atom. The number of nitrogens with zero attached hydrogens (tertiary/aromatic N) is 1. The van der Waals surface area contributed by atoms with Gasteiger partial charge < -0.3 is 15.8 Å². The largest absolute Gasteiger partial charge is 0.497 e. The van der Waals surface area contributed by atoms with Gasteiger partial charge in [-0.25, -0.2) is 0 Å². The molecule has 0 aliphatic rings. The first kappa shape index (κ1) is 12.0. The molecule has 94 valence electrons. The average molecular weight is 246 g/mol. The van der Waals surface area contributed by atoms with Gasteiger partial charge in [0.25, 0.3) is 5.91 Å². The second kappa shape index (κ2) is 5.22. The van der Waals surface area contributed by atoms with E-state index in [2.05, 4.69) is 15.5 Å². The third kappa shape index (κ3) is 2.79. The van der Waals surface area contributed by atoms with Gasteiger partial charge in [-0.3, -0.25) is 9.89 Å². The summed E-state index contributed by atoms with van der Waals surface area (Å²) in [6.07, 6.45) is 1.63. The van der Waals surface area contributed by atoms with Gasteiger partial charge in [0, 0.05) is 23.5 Å². The van der Waals surface area contributed by atoms with Crippen LogP contribution in [0.25, 0.3) is 0 Å². The molecular weight excluding hydrogens is 232 g/mol. The minimum Gasteiger partial charge on any atom is -0.497 e. The molecule has 1 aromatic heterocycles. The number of anilines is 1. The molecule has 0 bridgehead atoms. The molecule has 0 unspecified atom stereocenters. The van der Waals surface area contributed by atoms with Crippen LogP contribution >= 0.6 is 0 Å². The highest BCUT2D eigenvalue weighted by Gasteiger charge is 2.08. The molecule has 0 saturated carbocycles. The lowest BCUT2D eigenvalue weighted by atomic mass is 10.1. The fourth-order valence-electron chi connectivity index (χ4n) is 1.53. The number of amides is 1. The molecule has 0 radical (unpaired) electrons. The van der Waals surface area contributed by atoms with E-state index in [0.29, 0.717) is 23.5 Å². The lowest BCUT2D eigenvalue weighted by Gasteiger charge is -2.07. The standard InChI is InChI=1S/C12H14N4O2/c1-18-11-5-8(4-9(13)6-11)12(17)14-7-10-2-3-15-16-10/h2-6H,7,13H2,1H3,(H,14,17)(H,15,16). The first-order chi connectivity index (χ1) is 8.69. The number of hydrogen-bond donors (Lipinski definition) is 3. The van der Waals surface area contributed by atoms with E-state index in [-0.39, 0.29) is 5.91 Å². The number of aromatic nitrogens is 2. The third-order valence-electron chi connectivity index (χ3n) is 2.42. The number of H-pyrrole nitrogens is 1. The summed E-state index contributed by atoms with van der Waals surface area (Å²) in [7, 11) is 1.53. The molecule has 1 heterocycles. The smallest absolute Gasteiger partial charge is 0.251 e. The summed E-state index contributed by atoms with van der Waals surface area (Å²) in [5.41, 5.74) is 7.47. The Bertz CT molecular complexity index is 537. The van der Waals surface area contributed by atoms with Gasteiger partial charge in [-0.05, 0) is 18.2 Å². The summed E-state index contributed by atoms with van der Waals surface area (Å²) in [6.45, 7) is 0.385. The predicted octanol–water partition coefficient (Wildman–Crippen LogP) is 0.930. The van der Waals surface area contributed by atoms with E-state index in [9.17, 15) is 4.79 Å². The third-order valence-corrected chi connectivity index (χ3v) is 2.42. The molecule has 2 rings (SSSR count). The van der Waals surface area contributed by atoms with Gasteiger partial charge in [0.2, 0.25) is 0 Å². The van der Waals surface area contributed by atoms with Crippen molar-refractivity contribution in [1.29, 1.82) is 0 Å². The van der Waals surface area contributed by atoms with Crippen LogP contribution in [0.3, 0.4) is 0 Å². The molecule has 0 aliphatic carbocycles. The molecule has 18 heavy (non-hydrogen) atoms. The molecule has 0 atom stereocenters. The fraction of sp³-hybridized carbons (Fsp3) is 0.167. The normalized spacial score (nSPS) is 10.1. The molecule has 0 fully saturated rings. The molecular formula is C12H14N4O2. The zero-order valence-corrected chi connectivity index (χ0v) is 9.93. The Hall–Kier alpha value is -2.50. The first-order valence-corrected chi connectivity index (χ1v) is 5.40. The van der Waals surface area contributed by atoms with E-state index in [4.69, 9.17) is 10.5 Å². The van der Waals surface area contributed by atoms with Crippen molar-refractivity contribution in [1.82, 2.24) is 15.5 Å². The Balaban J connectivity index is 2.06. The number of nitrogens with two attached hydrogens (primary N) is 1. The lowest BCUT2D eigenvalue weighted by molar-refractivity contribution is 0.0950. The molecule has 1 amide bonds. The van der Waals surface area contributed by atoms with Crippen molar-refractivity contribution in [3.8, 4) is 5.75 Å². The van der Waals surface area contributed by atoms with Gasteiger partial charge in [-0.15, -0.1) is 0 Å². The molecule has 6 nitrogen and oxygen atoms in total. The van der Waals surface area contributed by atoms with Gasteiger partial charge in [0.15, 0.2) is 0 Å². The Morgan fingerprint density at radius 3 is 3.00 bits per heavy atom. The molecule has 0 aliphatic heterocycles. The Morgan fingerprint density at radius 2 is 2.33 bits per heavy atom. The fourth-order valence-corrected chi connectivity index (χ4v) is 1.53. The number of methoxy groups -OCH3 is 1. The number of nitrogens with one attached hydrogen (secondary N) is 2.